The molecule has 3 aromatic rings. The minimum absolute atomic E-state index is 0.000989. The number of alkyl halides is 2. The van der Waals surface area contributed by atoms with Crippen LogP contribution in [0.5, 0.6) is 0 Å². The number of hydrogen-bond donors (Lipinski definition) is 1. The molecule has 4 heterocycles. The maximum Gasteiger partial charge on any atom is 0.295 e. The lowest BCUT2D eigenvalue weighted by Crippen LogP contribution is -2.21. The largest absolute Gasteiger partial charge is 0.381 e. The fourth-order valence-corrected chi connectivity index (χ4v) is 6.43. The second kappa shape index (κ2) is 10.8. The van der Waals surface area contributed by atoms with E-state index < -0.39 is 28.3 Å². The summed E-state index contributed by atoms with van der Waals surface area (Å²) in [6.07, 6.45) is 2.31. The lowest BCUT2D eigenvalue weighted by Gasteiger charge is -2.25. The number of halogens is 2. The second-order valence-corrected chi connectivity index (χ2v) is 12.9. The number of carbonyl (C=O) groups is 1. The summed E-state index contributed by atoms with van der Waals surface area (Å²) in [7, 11) is -3.66. The molecule has 3 fully saturated rings. The smallest absolute Gasteiger partial charge is 0.295 e. The van der Waals surface area contributed by atoms with E-state index in [1.54, 1.807) is 18.2 Å². The van der Waals surface area contributed by atoms with Crippen molar-refractivity contribution in [2.24, 2.45) is 5.92 Å². The molecule has 2 saturated heterocycles. The van der Waals surface area contributed by atoms with E-state index >= 15 is 0 Å². The van der Waals surface area contributed by atoms with Crippen molar-refractivity contribution in [3.05, 3.63) is 41.3 Å². The van der Waals surface area contributed by atoms with Gasteiger partial charge in [-0.3, -0.25) is 9.36 Å². The third kappa shape index (κ3) is 5.48. The number of fused-ring (bicyclic) bond motifs is 1. The van der Waals surface area contributed by atoms with Crippen LogP contribution in [0.25, 0.3) is 11.2 Å². The minimum Gasteiger partial charge on any atom is -0.381 e. The van der Waals surface area contributed by atoms with E-state index in [1.807, 2.05) is 6.07 Å². The van der Waals surface area contributed by atoms with Gasteiger partial charge in [-0.1, -0.05) is 6.07 Å². The first-order valence-electron chi connectivity index (χ1n) is 13.7. The summed E-state index contributed by atoms with van der Waals surface area (Å²) in [6.45, 7) is 1.58. The Kier molecular flexibility index (Phi) is 7.34. The number of sulfone groups is 1. The average molecular weight is 575 g/mol. The van der Waals surface area contributed by atoms with Crippen LogP contribution in [0.4, 0.5) is 20.2 Å². The van der Waals surface area contributed by atoms with Gasteiger partial charge in [0, 0.05) is 37.7 Å². The number of pyridine rings is 1. The van der Waals surface area contributed by atoms with Gasteiger partial charge >= 0.3 is 0 Å². The van der Waals surface area contributed by atoms with Crippen LogP contribution in [0.1, 0.15) is 74.2 Å². The number of ketones is 1. The lowest BCUT2D eigenvalue weighted by molar-refractivity contribution is -0.119. The fraction of sp³-hybridized carbons (Fsp3) is 0.536. The predicted octanol–water partition coefficient (Wildman–Crippen LogP) is 5.24. The molecule has 6 rings (SSSR count). The van der Waals surface area contributed by atoms with Crippen molar-refractivity contribution in [2.75, 3.05) is 31.4 Å². The first kappa shape index (κ1) is 27.2. The number of nitrogens with zero attached hydrogens (tertiary/aromatic N) is 3. The summed E-state index contributed by atoms with van der Waals surface area (Å²) in [5.74, 6) is -0.321. The standard InChI is InChI=1S/C28H32F2N4O5S/c1-40(36,37)23-12-17(18-9-11-38-15-18)7-8-20(23)32-21-13-19(14-22(35)16-5-6-16)31-27-25(21)33-28(26(29)30)34(27)24-4-2-3-10-39-24/h7-8,12-13,16,18,24,26H,2-6,9-11,14-15H2,1H3,(H,31,32). The molecule has 1 aliphatic carbocycles. The summed E-state index contributed by atoms with van der Waals surface area (Å²) in [6, 6.07) is 6.79. The normalized spacial score (nSPS) is 21.8. The number of imidazole rings is 1. The van der Waals surface area contributed by atoms with Crippen LogP contribution < -0.4 is 5.32 Å². The highest BCUT2D eigenvalue weighted by molar-refractivity contribution is 7.90. The Labute approximate surface area is 231 Å². The molecule has 40 heavy (non-hydrogen) atoms. The Bertz CT molecular complexity index is 1540. The Morgan fingerprint density at radius 3 is 2.58 bits per heavy atom. The summed E-state index contributed by atoms with van der Waals surface area (Å²) >= 11 is 0. The highest BCUT2D eigenvalue weighted by atomic mass is 32.2. The van der Waals surface area contributed by atoms with E-state index in [9.17, 15) is 22.0 Å². The molecular weight excluding hydrogens is 542 g/mol. The van der Waals surface area contributed by atoms with E-state index in [4.69, 9.17) is 9.47 Å². The van der Waals surface area contributed by atoms with Crippen molar-refractivity contribution in [1.29, 1.82) is 0 Å². The number of Topliss-reactive ketones (excluding diaryl/α,β-unsaturated/α-hetero) is 1. The predicted molar refractivity (Wildman–Crippen MR) is 144 cm³/mol. The van der Waals surface area contributed by atoms with E-state index in [-0.39, 0.29) is 40.1 Å². The van der Waals surface area contributed by atoms with Crippen molar-refractivity contribution < 1.29 is 31.5 Å². The molecule has 2 aromatic heterocycles. The highest BCUT2D eigenvalue weighted by Gasteiger charge is 2.32. The van der Waals surface area contributed by atoms with Crippen LogP contribution in [0, 0.1) is 5.92 Å². The molecule has 9 nitrogen and oxygen atoms in total. The Morgan fingerprint density at radius 1 is 1.10 bits per heavy atom. The van der Waals surface area contributed by atoms with Gasteiger partial charge in [-0.15, -0.1) is 0 Å². The third-order valence-corrected chi connectivity index (χ3v) is 8.97. The minimum atomic E-state index is -3.66. The van der Waals surface area contributed by atoms with Crippen LogP contribution in [0.15, 0.2) is 29.2 Å². The summed E-state index contributed by atoms with van der Waals surface area (Å²) in [4.78, 5) is 21.7. The number of ether oxygens (including phenoxy) is 2. The molecule has 0 radical (unpaired) electrons. The molecule has 2 atom stereocenters. The maximum absolute atomic E-state index is 14.3. The third-order valence-electron chi connectivity index (χ3n) is 7.83. The van der Waals surface area contributed by atoms with Gasteiger partial charge in [-0.25, -0.2) is 27.2 Å². The molecule has 0 bridgehead atoms. The van der Waals surface area contributed by atoms with Gasteiger partial charge in [0.2, 0.25) is 0 Å². The molecule has 214 valence electrons. The quantitative estimate of drug-likeness (QED) is 0.369. The Morgan fingerprint density at radius 2 is 1.93 bits per heavy atom. The molecule has 3 aliphatic rings. The van der Waals surface area contributed by atoms with Gasteiger partial charge < -0.3 is 14.8 Å². The van der Waals surface area contributed by atoms with Crippen LogP contribution in [0.3, 0.4) is 0 Å². The molecule has 1 N–H and O–H groups in total. The van der Waals surface area contributed by atoms with E-state index in [1.165, 1.54) is 4.57 Å². The van der Waals surface area contributed by atoms with Crippen molar-refractivity contribution in [2.45, 2.75) is 68.4 Å². The molecule has 12 heteroatoms. The fourth-order valence-electron chi connectivity index (χ4n) is 5.56. The van der Waals surface area contributed by atoms with Gasteiger partial charge in [-0.05, 0) is 62.3 Å². The number of benzene rings is 1. The monoisotopic (exact) mass is 574 g/mol. The zero-order valence-electron chi connectivity index (χ0n) is 22.2. The van der Waals surface area contributed by atoms with Crippen LogP contribution in [0.2, 0.25) is 0 Å². The first-order chi connectivity index (χ1) is 19.2. The zero-order chi connectivity index (χ0) is 28.0. The SMILES string of the molecule is CS(=O)(=O)c1cc(C2CCOC2)ccc1Nc1cc(CC(=O)C2CC2)nc2c1nc(C(F)F)n2C1CCCCO1. The van der Waals surface area contributed by atoms with Gasteiger partial charge in [0.15, 0.2) is 21.3 Å². The van der Waals surface area contributed by atoms with Gasteiger partial charge in [0.1, 0.15) is 17.5 Å². The molecule has 2 aliphatic heterocycles. The van der Waals surface area contributed by atoms with E-state index in [0.717, 1.165) is 43.9 Å². The molecule has 0 amide bonds. The van der Waals surface area contributed by atoms with Gasteiger partial charge in [-0.2, -0.15) is 0 Å². The summed E-state index contributed by atoms with van der Waals surface area (Å²) in [5.41, 5.74) is 2.22. The molecule has 2 unspecified atom stereocenters. The lowest BCUT2D eigenvalue weighted by atomic mass is 9.98. The van der Waals surface area contributed by atoms with Crippen molar-refractivity contribution >= 4 is 38.2 Å². The van der Waals surface area contributed by atoms with E-state index in [2.05, 4.69) is 15.3 Å². The maximum atomic E-state index is 14.3. The number of hydrogen-bond acceptors (Lipinski definition) is 8. The summed E-state index contributed by atoms with van der Waals surface area (Å²) in [5, 5.41) is 3.16. The summed E-state index contributed by atoms with van der Waals surface area (Å²) < 4.78 is 67.0. The molecule has 0 spiro atoms. The number of rotatable bonds is 9. The number of carbonyl (C=O) groups excluding carboxylic acids is 1. The molecule has 1 aromatic carbocycles. The molecular formula is C28H32F2N4O5S. The number of nitrogens with one attached hydrogen (secondary N) is 1. The Hall–Kier alpha value is -2.96. The second-order valence-electron chi connectivity index (χ2n) is 10.9. The topological polar surface area (TPSA) is 112 Å². The van der Waals surface area contributed by atoms with Crippen molar-refractivity contribution in [3.63, 3.8) is 0 Å². The molecule has 1 saturated carbocycles. The van der Waals surface area contributed by atoms with Gasteiger partial charge in [0.05, 0.1) is 28.6 Å². The van der Waals surface area contributed by atoms with Crippen molar-refractivity contribution in [3.8, 4) is 0 Å². The van der Waals surface area contributed by atoms with Crippen LogP contribution in [-0.4, -0.2) is 54.8 Å². The van der Waals surface area contributed by atoms with E-state index in [0.29, 0.717) is 43.3 Å². The highest BCUT2D eigenvalue weighted by Crippen LogP contribution is 2.38. The zero-order valence-corrected chi connectivity index (χ0v) is 23.1. The van der Waals surface area contributed by atoms with Crippen LogP contribution >= 0.6 is 0 Å². The van der Waals surface area contributed by atoms with Crippen LogP contribution in [-0.2, 0) is 30.5 Å². The Balaban J connectivity index is 1.48. The number of aromatic nitrogens is 3. The van der Waals surface area contributed by atoms with Crippen molar-refractivity contribution in [1.82, 2.24) is 14.5 Å². The number of anilines is 2. The average Bonchev–Trinajstić information content (AvgIpc) is 3.49. The van der Waals surface area contributed by atoms with Gasteiger partial charge in [0.25, 0.3) is 6.43 Å². The first-order valence-corrected chi connectivity index (χ1v) is 15.6.